The molecular weight excluding hydrogens is 370 g/mol. The molecule has 0 fully saturated rings. The van der Waals surface area contributed by atoms with Crippen LogP contribution in [0.1, 0.15) is 37.7 Å². The first-order valence-electron chi connectivity index (χ1n) is 9.10. The number of nitrogens with zero attached hydrogens (tertiary/aromatic N) is 3. The van der Waals surface area contributed by atoms with Crippen LogP contribution in [0, 0.1) is 0 Å². The zero-order chi connectivity index (χ0) is 20.1. The fourth-order valence-electron chi connectivity index (χ4n) is 2.82. The molecule has 6 nitrogen and oxygen atoms in total. The number of thioether (sulfide) groups is 1. The van der Waals surface area contributed by atoms with Gasteiger partial charge in [-0.2, -0.15) is 0 Å². The lowest BCUT2D eigenvalue weighted by atomic mass is 9.96. The van der Waals surface area contributed by atoms with Crippen LogP contribution in [0.4, 0.5) is 5.69 Å². The quantitative estimate of drug-likeness (QED) is 0.492. The zero-order valence-corrected chi connectivity index (χ0v) is 17.2. The number of anilines is 1. The number of carbonyl (C=O) groups excluding carboxylic acids is 1. The van der Waals surface area contributed by atoms with Crippen molar-refractivity contribution in [3.63, 3.8) is 0 Å². The Hall–Kier alpha value is -2.80. The summed E-state index contributed by atoms with van der Waals surface area (Å²) < 4.78 is 1.46. The Bertz CT molecular complexity index is 947. The topological polar surface area (TPSA) is 85.8 Å². The Balaban J connectivity index is 1.64. The van der Waals surface area contributed by atoms with E-state index in [4.69, 9.17) is 5.84 Å². The summed E-state index contributed by atoms with van der Waals surface area (Å²) in [6.45, 7) is 6.06. The van der Waals surface area contributed by atoms with E-state index in [1.54, 1.807) is 0 Å². The largest absolute Gasteiger partial charge is 0.336 e. The van der Waals surface area contributed by atoms with E-state index in [0.29, 0.717) is 11.0 Å². The Morgan fingerprint density at radius 1 is 1.07 bits per heavy atom. The molecule has 1 aromatic heterocycles. The molecule has 0 aliphatic carbocycles. The number of nitrogens with two attached hydrogens (primary N) is 1. The van der Waals surface area contributed by atoms with Crippen molar-refractivity contribution in [2.45, 2.75) is 37.8 Å². The van der Waals surface area contributed by atoms with E-state index in [0.717, 1.165) is 17.7 Å². The molecule has 0 radical (unpaired) electrons. The lowest BCUT2D eigenvalue weighted by Crippen LogP contribution is -2.24. The van der Waals surface area contributed by atoms with Crippen molar-refractivity contribution in [1.82, 2.24) is 14.9 Å². The highest BCUT2D eigenvalue weighted by Crippen LogP contribution is 2.24. The average Bonchev–Trinajstić information content (AvgIpc) is 3.03. The second kappa shape index (κ2) is 8.48. The number of para-hydroxylation sites is 1. The molecule has 0 spiro atoms. The van der Waals surface area contributed by atoms with Crippen molar-refractivity contribution in [3.8, 4) is 0 Å². The fraction of sp³-hybridized carbons (Fsp3) is 0.286. The minimum Gasteiger partial charge on any atom is -0.336 e. The molecule has 0 atom stereocenters. The summed E-state index contributed by atoms with van der Waals surface area (Å²) in [5.41, 5.74) is 2.88. The third kappa shape index (κ3) is 4.92. The molecule has 1 amide bonds. The average molecular weight is 396 g/mol. The number of hydrogen-bond donors (Lipinski definition) is 2. The van der Waals surface area contributed by atoms with Crippen molar-refractivity contribution in [2.75, 3.05) is 16.9 Å². The summed E-state index contributed by atoms with van der Waals surface area (Å²) in [6.07, 6.45) is 0.760. The minimum atomic E-state index is -0.209. The highest BCUT2D eigenvalue weighted by Gasteiger charge is 2.23. The van der Waals surface area contributed by atoms with Gasteiger partial charge in [-0.1, -0.05) is 81.1 Å². The van der Waals surface area contributed by atoms with Gasteiger partial charge in [-0.15, -0.1) is 10.2 Å². The van der Waals surface area contributed by atoms with Crippen LogP contribution in [0.15, 0.2) is 59.8 Å². The van der Waals surface area contributed by atoms with Crippen molar-refractivity contribution in [1.29, 1.82) is 0 Å². The number of nitrogen functional groups attached to an aromatic ring is 1. The lowest BCUT2D eigenvalue weighted by molar-refractivity contribution is -0.113. The van der Waals surface area contributed by atoms with E-state index in [9.17, 15) is 4.79 Å². The molecule has 0 aliphatic rings. The number of hydrogen-bond acceptors (Lipinski definition) is 5. The predicted octanol–water partition coefficient (Wildman–Crippen LogP) is 3.61. The molecular formula is C21H25N5OS. The maximum atomic E-state index is 12.5. The van der Waals surface area contributed by atoms with Crippen LogP contribution in [-0.2, 0) is 16.6 Å². The molecule has 28 heavy (non-hydrogen) atoms. The van der Waals surface area contributed by atoms with Gasteiger partial charge in [-0.3, -0.25) is 4.79 Å². The van der Waals surface area contributed by atoms with Crippen molar-refractivity contribution < 1.29 is 4.79 Å². The van der Waals surface area contributed by atoms with Gasteiger partial charge < -0.3 is 11.2 Å². The van der Waals surface area contributed by atoms with Crippen LogP contribution in [0.3, 0.4) is 0 Å². The summed E-state index contributed by atoms with van der Waals surface area (Å²) >= 11 is 1.27. The van der Waals surface area contributed by atoms with Gasteiger partial charge >= 0.3 is 0 Å². The first-order chi connectivity index (χ1) is 13.3. The summed E-state index contributed by atoms with van der Waals surface area (Å²) in [7, 11) is 0. The summed E-state index contributed by atoms with van der Waals surface area (Å²) in [6, 6.07) is 18.0. The Morgan fingerprint density at radius 2 is 1.75 bits per heavy atom. The van der Waals surface area contributed by atoms with Crippen LogP contribution in [0.25, 0.3) is 0 Å². The van der Waals surface area contributed by atoms with E-state index in [1.807, 2.05) is 63.2 Å². The standard InChI is InChI=1S/C21H25N5OS/c1-21(2,3)19-24-25-20(26(19)22)28-14-18(27)23-17-12-8-7-11-16(17)13-15-9-5-4-6-10-15/h4-12H,13-14,22H2,1-3H3,(H,23,27). The van der Waals surface area contributed by atoms with E-state index in [-0.39, 0.29) is 17.1 Å². The Labute approximate surface area is 169 Å². The van der Waals surface area contributed by atoms with Gasteiger partial charge in [0.15, 0.2) is 5.82 Å². The molecule has 146 valence electrons. The molecule has 3 aromatic rings. The third-order valence-electron chi connectivity index (χ3n) is 4.20. The summed E-state index contributed by atoms with van der Waals surface area (Å²) in [5.74, 6) is 6.86. The Morgan fingerprint density at radius 3 is 2.43 bits per heavy atom. The van der Waals surface area contributed by atoms with Crippen molar-refractivity contribution in [3.05, 3.63) is 71.5 Å². The maximum absolute atomic E-state index is 12.5. The molecule has 2 aromatic carbocycles. The molecule has 0 unspecified atom stereocenters. The van der Waals surface area contributed by atoms with E-state index >= 15 is 0 Å². The first-order valence-corrected chi connectivity index (χ1v) is 10.1. The molecule has 7 heteroatoms. The van der Waals surface area contributed by atoms with E-state index in [2.05, 4.69) is 27.6 Å². The smallest absolute Gasteiger partial charge is 0.234 e. The lowest BCUT2D eigenvalue weighted by Gasteiger charge is -2.16. The van der Waals surface area contributed by atoms with Gasteiger partial charge in [0.25, 0.3) is 0 Å². The molecule has 0 aliphatic heterocycles. The zero-order valence-electron chi connectivity index (χ0n) is 16.3. The molecule has 0 saturated heterocycles. The normalized spacial score (nSPS) is 11.4. The number of rotatable bonds is 6. The monoisotopic (exact) mass is 395 g/mol. The highest BCUT2D eigenvalue weighted by atomic mass is 32.2. The Kier molecular flexibility index (Phi) is 6.04. The number of aromatic nitrogens is 3. The van der Waals surface area contributed by atoms with Gasteiger partial charge in [0.2, 0.25) is 11.1 Å². The number of benzene rings is 2. The van der Waals surface area contributed by atoms with Crippen molar-refractivity contribution in [2.24, 2.45) is 0 Å². The van der Waals surface area contributed by atoms with E-state index < -0.39 is 0 Å². The number of carbonyl (C=O) groups is 1. The van der Waals surface area contributed by atoms with Gasteiger partial charge in [0, 0.05) is 11.1 Å². The van der Waals surface area contributed by atoms with Gasteiger partial charge in [0.1, 0.15) is 0 Å². The van der Waals surface area contributed by atoms with Crippen molar-refractivity contribution >= 4 is 23.4 Å². The SMILES string of the molecule is CC(C)(C)c1nnc(SCC(=O)Nc2ccccc2Cc2ccccc2)n1N. The first kappa shape index (κ1) is 19.9. The van der Waals surface area contributed by atoms with Gasteiger partial charge in [-0.05, 0) is 23.6 Å². The predicted molar refractivity (Wildman–Crippen MR) is 114 cm³/mol. The molecule has 0 saturated carbocycles. The second-order valence-electron chi connectivity index (χ2n) is 7.58. The third-order valence-corrected chi connectivity index (χ3v) is 5.14. The highest BCUT2D eigenvalue weighted by molar-refractivity contribution is 7.99. The molecule has 3 N–H and O–H groups in total. The van der Waals surface area contributed by atoms with Crippen LogP contribution >= 0.6 is 11.8 Å². The van der Waals surface area contributed by atoms with Crippen LogP contribution in [0.5, 0.6) is 0 Å². The maximum Gasteiger partial charge on any atom is 0.234 e. The molecule has 1 heterocycles. The van der Waals surface area contributed by atoms with Gasteiger partial charge in [-0.25, -0.2) is 4.68 Å². The van der Waals surface area contributed by atoms with Crippen LogP contribution in [0.2, 0.25) is 0 Å². The summed E-state index contributed by atoms with van der Waals surface area (Å²) in [5, 5.41) is 11.8. The summed E-state index contributed by atoms with van der Waals surface area (Å²) in [4.78, 5) is 12.5. The molecule has 0 bridgehead atoms. The molecule has 3 rings (SSSR count). The van der Waals surface area contributed by atoms with Gasteiger partial charge in [0.05, 0.1) is 5.75 Å². The number of nitrogens with one attached hydrogen (secondary N) is 1. The van der Waals surface area contributed by atoms with Crippen LogP contribution in [-0.4, -0.2) is 26.5 Å². The fourth-order valence-corrected chi connectivity index (χ4v) is 3.47. The number of amides is 1. The van der Waals surface area contributed by atoms with E-state index in [1.165, 1.54) is 22.0 Å². The second-order valence-corrected chi connectivity index (χ2v) is 8.53. The minimum absolute atomic E-state index is 0.106. The van der Waals surface area contributed by atoms with Crippen LogP contribution < -0.4 is 11.2 Å².